The molecule has 0 fully saturated rings. The maximum atomic E-state index is 14.0. The zero-order valence-corrected chi connectivity index (χ0v) is 27.2. The number of aliphatic carboxylic acids is 4. The monoisotopic (exact) mass is 721 g/mol. The molecule has 22 heteroatoms. The Labute approximate surface area is 284 Å². The van der Waals surface area contributed by atoms with Crippen molar-refractivity contribution in [1.82, 2.24) is 25.3 Å². The lowest BCUT2D eigenvalue weighted by Crippen LogP contribution is -2.61. The number of fused-ring (bicyclic) bond motifs is 1. The molecule has 3 rings (SSSR count). The standard InChI is InChI=1S/C28H35N9O12S/c1-37(7-6-11-9-32-21-18(11)22(44)36-27(31)35-21)15-10-33-24(50-15)23(45)34-14(3-5-17(40)41)20(43)28(26(48)49,8-13(30)25(46)47)19(42)12(29)2-4-16(38)39/h9-10,12-14H,2-8,29-30H2,1H3,(H,34,45)(H,38,39)(H,40,41)(H,46,47)(H,48,49)(H4,31,32,35,36,44)/t12-,13-,14-,28?/m0/s1. The Morgan fingerprint density at radius 2 is 1.64 bits per heavy atom. The van der Waals surface area contributed by atoms with Crippen LogP contribution in [0.5, 0.6) is 0 Å². The summed E-state index contributed by atoms with van der Waals surface area (Å²) in [4.78, 5) is 115. The van der Waals surface area contributed by atoms with Crippen molar-refractivity contribution in [2.24, 2.45) is 16.9 Å². The molecule has 0 aliphatic heterocycles. The van der Waals surface area contributed by atoms with Gasteiger partial charge in [-0.1, -0.05) is 11.3 Å². The number of nitrogens with zero attached hydrogens (tertiary/aromatic N) is 3. The molecule has 1 amide bonds. The number of ketones is 2. The van der Waals surface area contributed by atoms with Gasteiger partial charge in [0.25, 0.3) is 11.5 Å². The van der Waals surface area contributed by atoms with E-state index in [9.17, 15) is 53.7 Å². The normalized spacial score (nSPS) is 14.2. The van der Waals surface area contributed by atoms with Crippen LogP contribution in [-0.4, -0.2) is 113 Å². The topological polar surface area (TPSA) is 368 Å². The number of carbonyl (C=O) groups excluding carboxylic acids is 3. The Morgan fingerprint density at radius 3 is 2.24 bits per heavy atom. The highest BCUT2D eigenvalue weighted by molar-refractivity contribution is 7.17. The number of carboxylic acids is 4. The average molecular weight is 722 g/mol. The van der Waals surface area contributed by atoms with Crippen LogP contribution < -0.4 is 33.0 Å². The quantitative estimate of drug-likeness (QED) is 0.0571. The van der Waals surface area contributed by atoms with Gasteiger partial charge >= 0.3 is 23.9 Å². The maximum Gasteiger partial charge on any atom is 0.325 e. The van der Waals surface area contributed by atoms with E-state index in [4.69, 9.17) is 22.3 Å². The summed E-state index contributed by atoms with van der Waals surface area (Å²) in [5.74, 6) is -11.1. The lowest BCUT2D eigenvalue weighted by Gasteiger charge is -2.33. The van der Waals surface area contributed by atoms with Crippen LogP contribution in [0.25, 0.3) is 11.0 Å². The Hall–Kier alpha value is -5.74. The van der Waals surface area contributed by atoms with Crippen molar-refractivity contribution in [3.05, 3.63) is 33.3 Å². The van der Waals surface area contributed by atoms with Gasteiger partial charge in [-0.15, -0.1) is 0 Å². The molecule has 3 heterocycles. The van der Waals surface area contributed by atoms with E-state index in [-0.39, 0.29) is 11.0 Å². The van der Waals surface area contributed by atoms with Gasteiger partial charge in [0.05, 0.1) is 23.7 Å². The minimum atomic E-state index is -3.31. The van der Waals surface area contributed by atoms with Crippen LogP contribution in [0.1, 0.15) is 47.5 Å². The van der Waals surface area contributed by atoms with Gasteiger partial charge in [0, 0.05) is 39.1 Å². The van der Waals surface area contributed by atoms with E-state index in [0.717, 1.165) is 11.3 Å². The molecule has 270 valence electrons. The van der Waals surface area contributed by atoms with Crippen molar-refractivity contribution in [2.45, 2.75) is 56.7 Å². The number of Topliss-reactive ketones (excluding diaryl/α,β-unsaturated/α-hetero) is 2. The average Bonchev–Trinajstić information content (AvgIpc) is 3.70. The van der Waals surface area contributed by atoms with Gasteiger partial charge in [-0.2, -0.15) is 4.98 Å². The van der Waals surface area contributed by atoms with Gasteiger partial charge in [-0.3, -0.25) is 43.3 Å². The first-order valence-electron chi connectivity index (χ1n) is 14.7. The number of nitrogen functional groups attached to an aromatic ring is 1. The number of aromatic nitrogens is 4. The number of H-pyrrole nitrogens is 2. The summed E-state index contributed by atoms with van der Waals surface area (Å²) in [6.45, 7) is 0.314. The summed E-state index contributed by atoms with van der Waals surface area (Å²) < 4.78 is 0. The van der Waals surface area contributed by atoms with Gasteiger partial charge in [-0.05, 0) is 24.8 Å². The number of carbonyl (C=O) groups is 7. The summed E-state index contributed by atoms with van der Waals surface area (Å²) in [7, 11) is 1.66. The SMILES string of the molecule is CN(CCc1c[nH]c2nc(N)[nH]c(=O)c12)c1cnc(C(=O)N[C@@H](CCC(=O)O)C(=O)C(C[C@H](N)C(=O)O)(C(=O)O)C(=O)[C@@H](N)CCC(=O)O)s1. The number of hydrogen-bond donors (Lipinski definition) is 10. The number of nitrogens with two attached hydrogens (primary N) is 3. The molecule has 1 unspecified atom stereocenters. The Balaban J connectivity index is 1.89. The largest absolute Gasteiger partial charge is 0.481 e. The Kier molecular flexibility index (Phi) is 12.5. The van der Waals surface area contributed by atoms with Crippen molar-refractivity contribution in [1.29, 1.82) is 0 Å². The minimum absolute atomic E-state index is 0.0567. The van der Waals surface area contributed by atoms with Crippen LogP contribution in [0.4, 0.5) is 10.9 Å². The molecule has 0 aliphatic carbocycles. The minimum Gasteiger partial charge on any atom is -0.481 e. The fourth-order valence-electron chi connectivity index (χ4n) is 5.08. The van der Waals surface area contributed by atoms with Crippen molar-refractivity contribution >= 4 is 74.7 Å². The summed E-state index contributed by atoms with van der Waals surface area (Å²) in [6.07, 6.45) is -0.974. The zero-order valence-electron chi connectivity index (χ0n) is 26.4. The second-order valence-electron chi connectivity index (χ2n) is 11.2. The van der Waals surface area contributed by atoms with E-state index in [2.05, 4.69) is 25.3 Å². The van der Waals surface area contributed by atoms with Crippen molar-refractivity contribution in [3.63, 3.8) is 0 Å². The molecule has 3 aromatic heterocycles. The van der Waals surface area contributed by atoms with Gasteiger partial charge < -0.3 is 52.8 Å². The van der Waals surface area contributed by atoms with E-state index in [1.165, 1.54) is 6.20 Å². The highest BCUT2D eigenvalue weighted by atomic mass is 32.1. The first-order valence-corrected chi connectivity index (χ1v) is 15.5. The third-order valence-corrected chi connectivity index (χ3v) is 8.86. The first-order chi connectivity index (χ1) is 23.4. The van der Waals surface area contributed by atoms with Crippen LogP contribution in [0, 0.1) is 5.41 Å². The Bertz CT molecular complexity index is 1870. The zero-order chi connectivity index (χ0) is 37.5. The van der Waals surface area contributed by atoms with Gasteiger partial charge in [0.1, 0.15) is 16.7 Å². The number of hydrogen-bond acceptors (Lipinski definition) is 15. The predicted octanol–water partition coefficient (Wildman–Crippen LogP) is -1.86. The fourth-order valence-corrected chi connectivity index (χ4v) is 5.89. The highest BCUT2D eigenvalue weighted by Gasteiger charge is 2.57. The third kappa shape index (κ3) is 8.83. The second kappa shape index (κ2) is 16.1. The lowest BCUT2D eigenvalue weighted by atomic mass is 9.69. The molecule has 0 aliphatic rings. The van der Waals surface area contributed by atoms with Gasteiger partial charge in [0.15, 0.2) is 22.0 Å². The third-order valence-electron chi connectivity index (χ3n) is 7.75. The molecule has 50 heavy (non-hydrogen) atoms. The van der Waals surface area contributed by atoms with E-state index in [0.29, 0.717) is 34.6 Å². The van der Waals surface area contributed by atoms with E-state index < -0.39 is 103 Å². The van der Waals surface area contributed by atoms with Crippen LogP contribution in [0.15, 0.2) is 17.2 Å². The van der Waals surface area contributed by atoms with Crippen LogP contribution in [0.3, 0.4) is 0 Å². The van der Waals surface area contributed by atoms with Crippen LogP contribution in [-0.2, 0) is 35.2 Å². The molecule has 0 aromatic carbocycles. The number of amides is 1. The van der Waals surface area contributed by atoms with Gasteiger partial charge in [0.2, 0.25) is 5.95 Å². The number of thiazole rings is 1. The molecule has 3 aromatic rings. The molecule has 0 bridgehead atoms. The highest BCUT2D eigenvalue weighted by Crippen LogP contribution is 2.32. The lowest BCUT2D eigenvalue weighted by molar-refractivity contribution is -0.162. The number of aromatic amines is 2. The molecule has 0 radical (unpaired) electrons. The smallest absolute Gasteiger partial charge is 0.325 e. The van der Waals surface area contributed by atoms with E-state index >= 15 is 0 Å². The number of rotatable bonds is 20. The summed E-state index contributed by atoms with van der Waals surface area (Å²) in [5, 5.41) is 40.6. The molecule has 0 saturated carbocycles. The predicted molar refractivity (Wildman–Crippen MR) is 173 cm³/mol. The molecule has 4 atom stereocenters. The summed E-state index contributed by atoms with van der Waals surface area (Å²) in [6, 6.07) is -6.01. The van der Waals surface area contributed by atoms with E-state index in [1.807, 2.05) is 0 Å². The maximum absolute atomic E-state index is 14.0. The summed E-state index contributed by atoms with van der Waals surface area (Å²) >= 11 is 0.836. The van der Waals surface area contributed by atoms with Crippen molar-refractivity contribution < 1.29 is 54.0 Å². The molecule has 13 N–H and O–H groups in total. The Morgan fingerprint density at radius 1 is 1.00 bits per heavy atom. The number of carboxylic acid groups (broad SMARTS) is 4. The van der Waals surface area contributed by atoms with Crippen LogP contribution in [0.2, 0.25) is 0 Å². The second-order valence-corrected chi connectivity index (χ2v) is 12.3. The molecule has 21 nitrogen and oxygen atoms in total. The summed E-state index contributed by atoms with van der Waals surface area (Å²) in [5.41, 5.74) is 14.1. The van der Waals surface area contributed by atoms with Crippen LogP contribution >= 0.6 is 11.3 Å². The first kappa shape index (κ1) is 38.7. The fraction of sp³-hybridized carbons (Fsp3) is 0.429. The molecule has 0 saturated heterocycles. The number of anilines is 2. The van der Waals surface area contributed by atoms with Crippen molar-refractivity contribution in [2.75, 3.05) is 24.2 Å². The van der Waals surface area contributed by atoms with E-state index in [1.54, 1.807) is 18.1 Å². The molecular weight excluding hydrogens is 686 g/mol. The molecular formula is C28H35N9O12S. The number of nitrogens with one attached hydrogen (secondary N) is 3. The number of likely N-dealkylation sites (N-methyl/N-ethyl adjacent to an activating group) is 1. The molecule has 0 spiro atoms. The van der Waals surface area contributed by atoms with Crippen molar-refractivity contribution in [3.8, 4) is 0 Å². The van der Waals surface area contributed by atoms with Gasteiger partial charge in [-0.25, -0.2) is 4.98 Å².